The number of hydrogen-bond donors (Lipinski definition) is 2. The van der Waals surface area contributed by atoms with E-state index in [0.717, 1.165) is 5.56 Å². The van der Waals surface area contributed by atoms with Crippen LogP contribution >= 0.6 is 11.6 Å². The summed E-state index contributed by atoms with van der Waals surface area (Å²) in [7, 11) is 2.95. The van der Waals surface area contributed by atoms with Crippen molar-refractivity contribution < 1.29 is 23.8 Å². The molecule has 0 saturated carbocycles. The van der Waals surface area contributed by atoms with Crippen molar-refractivity contribution in [1.29, 1.82) is 0 Å². The van der Waals surface area contributed by atoms with Gasteiger partial charge in [-0.3, -0.25) is 9.59 Å². The number of nitrogens with one attached hydrogen (secondary N) is 2. The molecule has 0 radical (unpaired) electrons. The van der Waals surface area contributed by atoms with Gasteiger partial charge in [0.25, 0.3) is 11.8 Å². The normalized spacial score (nSPS) is 12.0. The minimum absolute atomic E-state index is 0.116. The Kier molecular flexibility index (Phi) is 6.51. The lowest BCUT2D eigenvalue weighted by atomic mass is 10.1. The van der Waals surface area contributed by atoms with Crippen molar-refractivity contribution >= 4 is 40.9 Å². The summed E-state index contributed by atoms with van der Waals surface area (Å²) in [6.45, 7) is 0.116. The molecule has 4 rings (SSSR count). The summed E-state index contributed by atoms with van der Waals surface area (Å²) in [6.07, 6.45) is 1.73. The van der Waals surface area contributed by atoms with E-state index in [1.165, 1.54) is 14.2 Å². The van der Waals surface area contributed by atoms with Gasteiger partial charge in [-0.15, -0.1) is 0 Å². The van der Waals surface area contributed by atoms with Crippen molar-refractivity contribution in [3.8, 4) is 17.2 Å². The molecular formula is C25H21ClN2O5. The average molecular weight is 465 g/mol. The van der Waals surface area contributed by atoms with Crippen LogP contribution in [0.15, 0.2) is 66.2 Å². The van der Waals surface area contributed by atoms with Gasteiger partial charge in [0, 0.05) is 28.3 Å². The standard InChI is InChI=1S/C25H21ClN2O5/c1-31-22-13-20(23(32-2)12-19(22)27-24(29)15-6-4-3-5-7-15)28-25(30)17-10-16-11-18(26)8-9-21(16)33-14-17/h3-13H,14H2,1-2H3,(H,27,29)(H,28,30). The lowest BCUT2D eigenvalue weighted by Crippen LogP contribution is -2.21. The second-order valence-corrected chi connectivity index (χ2v) is 7.60. The second-order valence-electron chi connectivity index (χ2n) is 7.17. The van der Waals surface area contributed by atoms with Crippen LogP contribution in [0, 0.1) is 0 Å². The van der Waals surface area contributed by atoms with E-state index in [2.05, 4.69) is 10.6 Å². The van der Waals surface area contributed by atoms with E-state index in [4.69, 9.17) is 25.8 Å². The molecule has 0 saturated heterocycles. The minimum atomic E-state index is -0.359. The molecule has 0 atom stereocenters. The van der Waals surface area contributed by atoms with Gasteiger partial charge in [-0.25, -0.2) is 0 Å². The Bertz CT molecular complexity index is 1240. The molecule has 2 amide bonds. The van der Waals surface area contributed by atoms with Gasteiger partial charge in [-0.05, 0) is 36.4 Å². The van der Waals surface area contributed by atoms with Gasteiger partial charge in [-0.2, -0.15) is 0 Å². The van der Waals surface area contributed by atoms with E-state index in [0.29, 0.717) is 44.8 Å². The molecule has 0 aliphatic carbocycles. The Morgan fingerprint density at radius 1 is 0.879 bits per heavy atom. The van der Waals surface area contributed by atoms with Crippen LogP contribution < -0.4 is 24.8 Å². The lowest BCUT2D eigenvalue weighted by Gasteiger charge is -2.19. The maximum atomic E-state index is 12.9. The van der Waals surface area contributed by atoms with Gasteiger partial charge >= 0.3 is 0 Å². The summed E-state index contributed by atoms with van der Waals surface area (Å²) in [5, 5.41) is 6.19. The molecule has 1 aliphatic heterocycles. The van der Waals surface area contributed by atoms with Crippen LogP contribution in [0.25, 0.3) is 6.08 Å². The van der Waals surface area contributed by atoms with E-state index in [9.17, 15) is 9.59 Å². The zero-order chi connectivity index (χ0) is 23.4. The molecule has 3 aromatic rings. The summed E-state index contributed by atoms with van der Waals surface area (Å²) in [5.74, 6) is 0.722. The van der Waals surface area contributed by atoms with Crippen LogP contribution in [0.5, 0.6) is 17.2 Å². The maximum Gasteiger partial charge on any atom is 0.255 e. The first kappa shape index (κ1) is 22.2. The van der Waals surface area contributed by atoms with Crippen molar-refractivity contribution in [3.05, 3.63) is 82.4 Å². The molecule has 0 fully saturated rings. The summed E-state index contributed by atoms with van der Waals surface area (Å²) in [4.78, 5) is 25.5. The van der Waals surface area contributed by atoms with Crippen molar-refractivity contribution in [2.75, 3.05) is 31.5 Å². The predicted octanol–water partition coefficient (Wildman–Crippen LogP) is 5.02. The zero-order valence-electron chi connectivity index (χ0n) is 18.0. The number of amides is 2. The number of fused-ring (bicyclic) bond motifs is 1. The Morgan fingerprint density at radius 2 is 1.52 bits per heavy atom. The van der Waals surface area contributed by atoms with Crippen LogP contribution in [0.4, 0.5) is 11.4 Å². The zero-order valence-corrected chi connectivity index (χ0v) is 18.7. The fourth-order valence-electron chi connectivity index (χ4n) is 3.36. The minimum Gasteiger partial charge on any atom is -0.494 e. The van der Waals surface area contributed by atoms with Crippen molar-refractivity contribution in [2.24, 2.45) is 0 Å². The highest BCUT2D eigenvalue weighted by atomic mass is 35.5. The Balaban J connectivity index is 1.58. The van der Waals surface area contributed by atoms with Crippen molar-refractivity contribution in [1.82, 2.24) is 0 Å². The van der Waals surface area contributed by atoms with E-state index < -0.39 is 0 Å². The molecule has 33 heavy (non-hydrogen) atoms. The average Bonchev–Trinajstić information content (AvgIpc) is 2.84. The molecule has 168 valence electrons. The summed E-state index contributed by atoms with van der Waals surface area (Å²) in [5.41, 5.74) is 2.44. The lowest BCUT2D eigenvalue weighted by molar-refractivity contribution is -0.113. The number of ether oxygens (including phenoxy) is 3. The smallest absolute Gasteiger partial charge is 0.255 e. The highest BCUT2D eigenvalue weighted by molar-refractivity contribution is 6.30. The van der Waals surface area contributed by atoms with Crippen molar-refractivity contribution in [2.45, 2.75) is 0 Å². The first-order chi connectivity index (χ1) is 16.0. The Hall–Kier alpha value is -3.97. The van der Waals surface area contributed by atoms with Gasteiger partial charge in [0.1, 0.15) is 23.9 Å². The van der Waals surface area contributed by atoms with Crippen LogP contribution in [-0.2, 0) is 4.79 Å². The Labute approximate surface area is 195 Å². The SMILES string of the molecule is COc1cc(NC(=O)c2ccccc2)c(OC)cc1NC(=O)C1=Cc2cc(Cl)ccc2OC1. The number of methoxy groups -OCH3 is 2. The molecule has 0 unspecified atom stereocenters. The molecule has 3 aromatic carbocycles. The van der Waals surface area contributed by atoms with Gasteiger partial charge in [0.15, 0.2) is 0 Å². The number of hydrogen-bond acceptors (Lipinski definition) is 5. The molecule has 0 bridgehead atoms. The Morgan fingerprint density at radius 3 is 2.15 bits per heavy atom. The topological polar surface area (TPSA) is 85.9 Å². The first-order valence-electron chi connectivity index (χ1n) is 10.0. The first-order valence-corrected chi connectivity index (χ1v) is 10.4. The third-order valence-electron chi connectivity index (χ3n) is 5.03. The van der Waals surface area contributed by atoms with E-state index in [1.54, 1.807) is 60.7 Å². The molecule has 0 spiro atoms. The molecule has 1 heterocycles. The summed E-state index contributed by atoms with van der Waals surface area (Å²) in [6, 6.07) is 17.2. The number of anilines is 2. The fraction of sp³-hybridized carbons (Fsp3) is 0.120. The van der Waals surface area contributed by atoms with E-state index >= 15 is 0 Å². The van der Waals surface area contributed by atoms with Gasteiger partial charge in [-0.1, -0.05) is 29.8 Å². The number of carbonyl (C=O) groups excluding carboxylic acids is 2. The second kappa shape index (κ2) is 9.67. The molecule has 8 heteroatoms. The number of rotatable bonds is 6. The van der Waals surface area contributed by atoms with Crippen LogP contribution in [0.2, 0.25) is 5.02 Å². The highest BCUT2D eigenvalue weighted by Gasteiger charge is 2.21. The molecule has 7 nitrogen and oxygen atoms in total. The number of halogens is 1. The quantitative estimate of drug-likeness (QED) is 0.534. The van der Waals surface area contributed by atoms with E-state index in [1.807, 2.05) is 6.07 Å². The van der Waals surface area contributed by atoms with Crippen LogP contribution in [-0.4, -0.2) is 32.6 Å². The monoisotopic (exact) mass is 464 g/mol. The van der Waals surface area contributed by atoms with E-state index in [-0.39, 0.29) is 18.4 Å². The molecule has 0 aromatic heterocycles. The van der Waals surface area contributed by atoms with Gasteiger partial charge in [0.2, 0.25) is 0 Å². The fourth-order valence-corrected chi connectivity index (χ4v) is 3.54. The van der Waals surface area contributed by atoms with Gasteiger partial charge < -0.3 is 24.8 Å². The number of carbonyl (C=O) groups is 2. The summed E-state index contributed by atoms with van der Waals surface area (Å²) >= 11 is 6.05. The molecule has 1 aliphatic rings. The molecule has 2 N–H and O–H groups in total. The third kappa shape index (κ3) is 4.94. The predicted molar refractivity (Wildman–Crippen MR) is 127 cm³/mol. The van der Waals surface area contributed by atoms with Crippen LogP contribution in [0.1, 0.15) is 15.9 Å². The maximum absolute atomic E-state index is 12.9. The van der Waals surface area contributed by atoms with Gasteiger partial charge in [0.05, 0.1) is 31.2 Å². The molecular weight excluding hydrogens is 444 g/mol. The van der Waals surface area contributed by atoms with Crippen LogP contribution in [0.3, 0.4) is 0 Å². The summed E-state index contributed by atoms with van der Waals surface area (Å²) < 4.78 is 16.5. The number of benzene rings is 3. The van der Waals surface area contributed by atoms with Crippen molar-refractivity contribution in [3.63, 3.8) is 0 Å². The third-order valence-corrected chi connectivity index (χ3v) is 5.27. The largest absolute Gasteiger partial charge is 0.494 e. The highest BCUT2D eigenvalue weighted by Crippen LogP contribution is 2.37.